The summed E-state index contributed by atoms with van der Waals surface area (Å²) in [6, 6.07) is 0. The first-order chi connectivity index (χ1) is 3.81. The van der Waals surface area contributed by atoms with E-state index in [1.54, 1.807) is 11.8 Å². The summed E-state index contributed by atoms with van der Waals surface area (Å²) in [5.74, 6) is 1.06. The van der Waals surface area contributed by atoms with E-state index in [1.165, 1.54) is 0 Å². The maximum Gasteiger partial charge on any atom is 0.133 e. The Kier molecular flexibility index (Phi) is 12.1. The van der Waals surface area contributed by atoms with Crippen molar-refractivity contribution in [3.63, 3.8) is 0 Å². The zero-order valence-corrected chi connectivity index (χ0v) is 8.32. The molecule has 0 aliphatic heterocycles. The Morgan fingerprint density at radius 1 is 1.56 bits per heavy atom. The molecule has 0 aliphatic rings. The number of hydrogen-bond acceptors (Lipinski definition) is 2. The Hall–Kier alpha value is 0.759. The van der Waals surface area contributed by atoms with Crippen molar-refractivity contribution in [2.75, 3.05) is 12.3 Å². The van der Waals surface area contributed by atoms with Gasteiger partial charge in [0.2, 0.25) is 0 Å². The topological polar surface area (TPSA) is 12.0 Å². The molecule has 0 aromatic rings. The molecule has 0 aliphatic carbocycles. The molecule has 0 spiro atoms. The van der Waals surface area contributed by atoms with E-state index in [2.05, 4.69) is 12.2 Å². The maximum absolute atomic E-state index is 4.90. The molecule has 9 heavy (non-hydrogen) atoms. The van der Waals surface area contributed by atoms with E-state index in [1.807, 2.05) is 6.92 Å². The fourth-order valence-electron chi connectivity index (χ4n) is 0.326. The number of hydrogen-bond donors (Lipinski definition) is 1. The van der Waals surface area contributed by atoms with Gasteiger partial charge in [-0.25, -0.2) is 0 Å². The normalized spacial score (nSPS) is 7.78. The SMILES string of the molecule is CCNC(=S)SCC.[Fe]. The first-order valence-electron chi connectivity index (χ1n) is 2.71. The van der Waals surface area contributed by atoms with Crippen LogP contribution in [0.15, 0.2) is 0 Å². The van der Waals surface area contributed by atoms with Crippen LogP contribution < -0.4 is 5.32 Å². The molecule has 0 fully saturated rings. The third-order valence-corrected chi connectivity index (χ3v) is 1.79. The molecule has 1 nitrogen and oxygen atoms in total. The van der Waals surface area contributed by atoms with Gasteiger partial charge in [-0.3, -0.25) is 0 Å². The van der Waals surface area contributed by atoms with Crippen molar-refractivity contribution in [3.8, 4) is 0 Å². The zero-order valence-electron chi connectivity index (χ0n) is 5.58. The van der Waals surface area contributed by atoms with E-state index in [0.717, 1.165) is 16.6 Å². The van der Waals surface area contributed by atoms with Crippen LogP contribution in [-0.4, -0.2) is 16.6 Å². The molecule has 0 heterocycles. The van der Waals surface area contributed by atoms with Crippen molar-refractivity contribution in [2.45, 2.75) is 13.8 Å². The maximum atomic E-state index is 4.90. The third-order valence-electron chi connectivity index (χ3n) is 0.597. The van der Waals surface area contributed by atoms with Crippen molar-refractivity contribution in [1.29, 1.82) is 0 Å². The van der Waals surface area contributed by atoms with Gasteiger partial charge in [-0.2, -0.15) is 0 Å². The minimum absolute atomic E-state index is 0. The zero-order chi connectivity index (χ0) is 6.41. The van der Waals surface area contributed by atoms with Crippen LogP contribution in [0.2, 0.25) is 0 Å². The molecule has 0 unspecified atom stereocenters. The van der Waals surface area contributed by atoms with Crippen LogP contribution in [0, 0.1) is 0 Å². The minimum Gasteiger partial charge on any atom is -0.371 e. The molecular weight excluding hydrogens is 194 g/mol. The molecule has 4 heteroatoms. The summed E-state index contributed by atoms with van der Waals surface area (Å²) in [7, 11) is 0. The minimum atomic E-state index is 0. The second-order valence-corrected chi connectivity index (χ2v) is 3.19. The Morgan fingerprint density at radius 2 is 2.11 bits per heavy atom. The van der Waals surface area contributed by atoms with Crippen LogP contribution in [0.4, 0.5) is 0 Å². The van der Waals surface area contributed by atoms with Crippen molar-refractivity contribution >= 4 is 28.3 Å². The second-order valence-electron chi connectivity index (χ2n) is 1.25. The van der Waals surface area contributed by atoms with Gasteiger partial charge in [0.1, 0.15) is 4.32 Å². The van der Waals surface area contributed by atoms with E-state index in [-0.39, 0.29) is 17.1 Å². The van der Waals surface area contributed by atoms with Gasteiger partial charge in [0.25, 0.3) is 0 Å². The van der Waals surface area contributed by atoms with E-state index in [0.29, 0.717) is 0 Å². The standard InChI is InChI=1S/C5H11NS2.Fe/c1-3-6-5(7)8-4-2;/h3-4H2,1-2H3,(H,6,7);. The Morgan fingerprint density at radius 3 is 2.44 bits per heavy atom. The van der Waals surface area contributed by atoms with Crippen molar-refractivity contribution < 1.29 is 17.1 Å². The van der Waals surface area contributed by atoms with Gasteiger partial charge in [0.05, 0.1) is 0 Å². The molecule has 0 rings (SSSR count). The van der Waals surface area contributed by atoms with Gasteiger partial charge in [0.15, 0.2) is 0 Å². The first kappa shape index (κ1) is 12.4. The number of thioether (sulfide) groups is 1. The van der Waals surface area contributed by atoms with Gasteiger partial charge in [0, 0.05) is 23.6 Å². The van der Waals surface area contributed by atoms with Crippen LogP contribution in [-0.2, 0) is 17.1 Å². The molecule has 0 saturated heterocycles. The average molecular weight is 205 g/mol. The Labute approximate surface area is 76.8 Å². The summed E-state index contributed by atoms with van der Waals surface area (Å²) in [5, 5.41) is 3.04. The van der Waals surface area contributed by atoms with Crippen molar-refractivity contribution in [1.82, 2.24) is 5.32 Å². The number of thiocarbonyl (C=S) groups is 1. The summed E-state index contributed by atoms with van der Waals surface area (Å²) >= 11 is 6.58. The number of rotatable bonds is 2. The summed E-state index contributed by atoms with van der Waals surface area (Å²) in [4.78, 5) is 0. The van der Waals surface area contributed by atoms with E-state index in [4.69, 9.17) is 12.2 Å². The van der Waals surface area contributed by atoms with Crippen LogP contribution >= 0.6 is 24.0 Å². The molecule has 0 radical (unpaired) electrons. The van der Waals surface area contributed by atoms with E-state index < -0.39 is 0 Å². The summed E-state index contributed by atoms with van der Waals surface area (Å²) < 4.78 is 0.912. The Balaban J connectivity index is 0. The second kappa shape index (κ2) is 8.76. The molecule has 0 aromatic heterocycles. The predicted molar refractivity (Wildman–Crippen MR) is 44.4 cm³/mol. The Bertz CT molecular complexity index is 69.4. The number of nitrogens with one attached hydrogen (secondary N) is 1. The van der Waals surface area contributed by atoms with E-state index in [9.17, 15) is 0 Å². The summed E-state index contributed by atoms with van der Waals surface area (Å²) in [5.41, 5.74) is 0. The van der Waals surface area contributed by atoms with Crippen LogP contribution in [0.5, 0.6) is 0 Å². The van der Waals surface area contributed by atoms with Gasteiger partial charge in [-0.1, -0.05) is 30.9 Å². The molecule has 0 atom stereocenters. The van der Waals surface area contributed by atoms with Gasteiger partial charge < -0.3 is 5.32 Å². The van der Waals surface area contributed by atoms with E-state index >= 15 is 0 Å². The smallest absolute Gasteiger partial charge is 0.133 e. The van der Waals surface area contributed by atoms with Crippen molar-refractivity contribution in [3.05, 3.63) is 0 Å². The third kappa shape index (κ3) is 8.76. The summed E-state index contributed by atoms with van der Waals surface area (Å²) in [6.45, 7) is 5.07. The molecule has 56 valence electrons. The molecule has 0 aromatic carbocycles. The first-order valence-corrected chi connectivity index (χ1v) is 4.11. The van der Waals surface area contributed by atoms with Gasteiger partial charge >= 0.3 is 0 Å². The molecule has 0 saturated carbocycles. The predicted octanol–water partition coefficient (Wildman–Crippen LogP) is 1.63. The van der Waals surface area contributed by atoms with Crippen LogP contribution in [0.1, 0.15) is 13.8 Å². The average Bonchev–Trinajstić information content (AvgIpc) is 1.68. The van der Waals surface area contributed by atoms with Gasteiger partial charge in [-0.05, 0) is 12.7 Å². The quantitative estimate of drug-likeness (QED) is 0.543. The largest absolute Gasteiger partial charge is 0.371 e. The fraction of sp³-hybridized carbons (Fsp3) is 0.800. The monoisotopic (exact) mass is 205 g/mol. The van der Waals surface area contributed by atoms with Gasteiger partial charge in [-0.15, -0.1) is 0 Å². The molecular formula is C5H11FeNS2. The van der Waals surface area contributed by atoms with Crippen molar-refractivity contribution in [2.24, 2.45) is 0 Å². The fourth-order valence-corrected chi connectivity index (χ4v) is 1.33. The molecule has 1 N–H and O–H groups in total. The summed E-state index contributed by atoms with van der Waals surface area (Å²) in [6.07, 6.45) is 0. The molecule has 0 amide bonds. The van der Waals surface area contributed by atoms with Crippen LogP contribution in [0.25, 0.3) is 0 Å². The van der Waals surface area contributed by atoms with Crippen LogP contribution in [0.3, 0.4) is 0 Å². The molecule has 0 bridgehead atoms.